The Bertz CT molecular complexity index is 610. The van der Waals surface area contributed by atoms with Gasteiger partial charge in [0.05, 0.1) is 0 Å². The predicted octanol–water partition coefficient (Wildman–Crippen LogP) is 2.62. The molecule has 2 rings (SSSR count). The molecular weight excluding hydrogens is 285 g/mol. The number of hydrogen-bond acceptors (Lipinski definition) is 2. The summed E-state index contributed by atoms with van der Waals surface area (Å²) in [7, 11) is -4.52. The van der Waals surface area contributed by atoms with E-state index in [2.05, 4.69) is 0 Å². The number of hydrogen-bond donors (Lipinski definition) is 3. The molecule has 0 bridgehead atoms. The molecule has 2 aromatic rings. The Hall–Kier alpha value is -1.71. The standard InChI is InChI=1S/C16H18NO3P/c17-13-7-12-16(21(18,19)20,14-8-3-1-4-9-14)15-10-5-2-6-11-15/h1-12H,13,17H2,(H2,18,19,20). The number of rotatable bonds is 5. The van der Waals surface area contributed by atoms with E-state index in [4.69, 9.17) is 5.73 Å². The average molecular weight is 303 g/mol. The fraction of sp³-hybridized carbons (Fsp3) is 0.125. The van der Waals surface area contributed by atoms with Crippen molar-refractivity contribution in [1.82, 2.24) is 0 Å². The molecule has 0 heterocycles. The summed E-state index contributed by atoms with van der Waals surface area (Å²) in [6.07, 6.45) is 3.09. The maximum absolute atomic E-state index is 12.4. The van der Waals surface area contributed by atoms with Gasteiger partial charge in [0.1, 0.15) is 5.16 Å². The third kappa shape index (κ3) is 2.99. The van der Waals surface area contributed by atoms with Crippen LogP contribution < -0.4 is 5.73 Å². The van der Waals surface area contributed by atoms with Crippen molar-refractivity contribution in [3.63, 3.8) is 0 Å². The summed E-state index contributed by atoms with van der Waals surface area (Å²) in [5.41, 5.74) is 6.57. The third-order valence-corrected chi connectivity index (χ3v) is 4.97. The lowest BCUT2D eigenvalue weighted by molar-refractivity contribution is 0.351. The van der Waals surface area contributed by atoms with Crippen LogP contribution in [0.1, 0.15) is 11.1 Å². The third-order valence-electron chi connectivity index (χ3n) is 3.38. The van der Waals surface area contributed by atoms with Crippen LogP contribution in [0, 0.1) is 0 Å². The summed E-state index contributed by atoms with van der Waals surface area (Å²) in [6, 6.07) is 17.5. The van der Waals surface area contributed by atoms with Gasteiger partial charge in [-0.05, 0) is 11.1 Å². The van der Waals surface area contributed by atoms with E-state index in [1.807, 2.05) is 12.1 Å². The summed E-state index contributed by atoms with van der Waals surface area (Å²) < 4.78 is 12.4. The van der Waals surface area contributed by atoms with Gasteiger partial charge in [-0.25, -0.2) is 0 Å². The molecule has 4 nitrogen and oxygen atoms in total. The van der Waals surface area contributed by atoms with E-state index in [0.717, 1.165) is 0 Å². The quantitative estimate of drug-likeness (QED) is 0.585. The molecule has 21 heavy (non-hydrogen) atoms. The van der Waals surface area contributed by atoms with Crippen molar-refractivity contribution >= 4 is 7.60 Å². The lowest BCUT2D eigenvalue weighted by Gasteiger charge is -2.32. The molecule has 0 amide bonds. The molecule has 0 aliphatic rings. The zero-order valence-corrected chi connectivity index (χ0v) is 12.4. The molecule has 0 spiro atoms. The molecule has 0 atom stereocenters. The lowest BCUT2D eigenvalue weighted by atomic mass is 9.89. The Labute approximate surface area is 124 Å². The summed E-state index contributed by atoms with van der Waals surface area (Å²) in [5, 5.41) is -1.52. The molecule has 0 aromatic heterocycles. The van der Waals surface area contributed by atoms with E-state index in [1.165, 1.54) is 6.08 Å². The average Bonchev–Trinajstić information content (AvgIpc) is 2.49. The van der Waals surface area contributed by atoms with Gasteiger partial charge in [-0.1, -0.05) is 72.8 Å². The minimum Gasteiger partial charge on any atom is -0.327 e. The molecule has 2 aromatic carbocycles. The molecule has 0 radical (unpaired) electrons. The van der Waals surface area contributed by atoms with Gasteiger partial charge in [0, 0.05) is 6.54 Å². The summed E-state index contributed by atoms with van der Waals surface area (Å²) in [4.78, 5) is 20.2. The van der Waals surface area contributed by atoms with Crippen LogP contribution in [0.5, 0.6) is 0 Å². The van der Waals surface area contributed by atoms with E-state index in [1.54, 1.807) is 54.6 Å². The van der Waals surface area contributed by atoms with Crippen molar-refractivity contribution in [2.45, 2.75) is 5.16 Å². The Balaban J connectivity index is 2.79. The van der Waals surface area contributed by atoms with Crippen LogP contribution in [0.25, 0.3) is 0 Å². The molecule has 0 unspecified atom stereocenters. The summed E-state index contributed by atoms with van der Waals surface area (Å²) in [6.45, 7) is 0.210. The minimum absolute atomic E-state index is 0.210. The second-order valence-electron chi connectivity index (χ2n) is 4.68. The monoisotopic (exact) mass is 303 g/mol. The van der Waals surface area contributed by atoms with Gasteiger partial charge >= 0.3 is 7.60 Å². The fourth-order valence-electron chi connectivity index (χ4n) is 2.42. The van der Waals surface area contributed by atoms with Crippen molar-refractivity contribution in [1.29, 1.82) is 0 Å². The van der Waals surface area contributed by atoms with Gasteiger partial charge in [-0.15, -0.1) is 0 Å². The van der Waals surface area contributed by atoms with Crippen LogP contribution in [0.15, 0.2) is 72.8 Å². The second kappa shape index (κ2) is 6.37. The highest BCUT2D eigenvalue weighted by Gasteiger charge is 2.47. The first-order valence-corrected chi connectivity index (χ1v) is 8.18. The first-order chi connectivity index (χ1) is 10.0. The highest BCUT2D eigenvalue weighted by atomic mass is 31.2. The molecular formula is C16H18NO3P. The first-order valence-electron chi connectivity index (χ1n) is 6.57. The Kier molecular flexibility index (Phi) is 4.76. The van der Waals surface area contributed by atoms with Crippen molar-refractivity contribution < 1.29 is 14.4 Å². The van der Waals surface area contributed by atoms with Gasteiger partial charge in [0.25, 0.3) is 0 Å². The van der Waals surface area contributed by atoms with Gasteiger partial charge in [-0.2, -0.15) is 0 Å². The normalized spacial score (nSPS) is 12.7. The van der Waals surface area contributed by atoms with Crippen molar-refractivity contribution in [2.75, 3.05) is 6.54 Å². The van der Waals surface area contributed by atoms with E-state index in [0.29, 0.717) is 11.1 Å². The smallest absolute Gasteiger partial charge is 0.327 e. The Morgan fingerprint density at radius 1 is 0.952 bits per heavy atom. The van der Waals surface area contributed by atoms with Gasteiger partial charge in [-0.3, -0.25) is 4.57 Å². The number of benzene rings is 2. The maximum Gasteiger partial charge on any atom is 0.344 e. The summed E-state index contributed by atoms with van der Waals surface area (Å²) >= 11 is 0. The first kappa shape index (κ1) is 15.7. The highest BCUT2D eigenvalue weighted by Crippen LogP contribution is 2.61. The van der Waals surface area contributed by atoms with Crippen LogP contribution in [-0.4, -0.2) is 16.3 Å². The molecule has 0 aliphatic carbocycles. The van der Waals surface area contributed by atoms with E-state index in [9.17, 15) is 14.4 Å². The lowest BCUT2D eigenvalue weighted by Crippen LogP contribution is -2.25. The molecule has 0 saturated heterocycles. The molecule has 5 heteroatoms. The topological polar surface area (TPSA) is 83.6 Å². The minimum atomic E-state index is -4.52. The Morgan fingerprint density at radius 3 is 1.71 bits per heavy atom. The van der Waals surface area contributed by atoms with Crippen molar-refractivity contribution in [3.05, 3.63) is 83.9 Å². The second-order valence-corrected chi connectivity index (χ2v) is 6.47. The van der Waals surface area contributed by atoms with Crippen LogP contribution >= 0.6 is 7.60 Å². The fourth-order valence-corrected chi connectivity index (χ4v) is 3.69. The SMILES string of the molecule is NCC=CC(c1ccccc1)(c1ccccc1)P(=O)(O)O. The predicted molar refractivity (Wildman–Crippen MR) is 83.9 cm³/mol. The van der Waals surface area contributed by atoms with Crippen LogP contribution in [0.2, 0.25) is 0 Å². The van der Waals surface area contributed by atoms with Crippen LogP contribution in [0.3, 0.4) is 0 Å². The molecule has 0 aliphatic heterocycles. The summed E-state index contributed by atoms with van der Waals surface area (Å²) in [5.74, 6) is 0. The molecule has 4 N–H and O–H groups in total. The number of allylic oxidation sites excluding steroid dienone is 1. The molecule has 0 fully saturated rings. The van der Waals surface area contributed by atoms with Crippen LogP contribution in [-0.2, 0) is 9.72 Å². The molecule has 0 saturated carbocycles. The maximum atomic E-state index is 12.4. The Morgan fingerprint density at radius 2 is 1.38 bits per heavy atom. The van der Waals surface area contributed by atoms with E-state index < -0.39 is 12.8 Å². The van der Waals surface area contributed by atoms with Gasteiger partial charge < -0.3 is 15.5 Å². The highest BCUT2D eigenvalue weighted by molar-refractivity contribution is 7.53. The zero-order valence-electron chi connectivity index (χ0n) is 11.5. The van der Waals surface area contributed by atoms with E-state index >= 15 is 0 Å². The van der Waals surface area contributed by atoms with Crippen molar-refractivity contribution in [2.24, 2.45) is 5.73 Å². The molecule has 110 valence electrons. The largest absolute Gasteiger partial charge is 0.344 e. The van der Waals surface area contributed by atoms with Crippen LogP contribution in [0.4, 0.5) is 0 Å². The van der Waals surface area contributed by atoms with Crippen molar-refractivity contribution in [3.8, 4) is 0 Å². The van der Waals surface area contributed by atoms with Gasteiger partial charge in [0.2, 0.25) is 0 Å². The number of nitrogens with two attached hydrogens (primary N) is 1. The van der Waals surface area contributed by atoms with E-state index in [-0.39, 0.29) is 6.54 Å². The van der Waals surface area contributed by atoms with Gasteiger partial charge in [0.15, 0.2) is 0 Å². The zero-order chi connectivity index (χ0) is 15.3.